The summed E-state index contributed by atoms with van der Waals surface area (Å²) in [4.78, 5) is 18.6. The number of nitro groups is 1. The molecule has 0 bridgehead atoms. The van der Waals surface area contributed by atoms with E-state index in [0.29, 0.717) is 11.3 Å². The lowest BCUT2D eigenvalue weighted by molar-refractivity contribution is -0.384. The van der Waals surface area contributed by atoms with Crippen LogP contribution in [-0.2, 0) is 0 Å². The molecule has 7 heteroatoms. The fourth-order valence-corrected chi connectivity index (χ4v) is 1.59. The van der Waals surface area contributed by atoms with Gasteiger partial charge in [0.15, 0.2) is 5.82 Å². The Balaban J connectivity index is 2.10. The molecule has 0 radical (unpaired) electrons. The third kappa shape index (κ3) is 1.67. The minimum atomic E-state index is -0.502. The normalized spacial score (nSPS) is 10.7. The van der Waals surface area contributed by atoms with Crippen molar-refractivity contribution in [2.45, 2.75) is 0 Å². The number of benzene rings is 1. The van der Waals surface area contributed by atoms with Crippen LogP contribution in [0.2, 0.25) is 0 Å². The SMILES string of the molecule is O=[N+]([O-])c1cnn(-c2cnc3ccccc3n2)c1. The predicted molar refractivity (Wildman–Crippen MR) is 63.3 cm³/mol. The van der Waals surface area contributed by atoms with Crippen LogP contribution in [0.25, 0.3) is 16.9 Å². The second-order valence-electron chi connectivity index (χ2n) is 3.62. The summed E-state index contributed by atoms with van der Waals surface area (Å²) in [5.41, 5.74) is 1.40. The Morgan fingerprint density at radius 1 is 1.17 bits per heavy atom. The Kier molecular flexibility index (Phi) is 2.23. The van der Waals surface area contributed by atoms with Crippen LogP contribution in [0.4, 0.5) is 5.69 Å². The summed E-state index contributed by atoms with van der Waals surface area (Å²) in [5, 5.41) is 14.5. The lowest BCUT2D eigenvalue weighted by Gasteiger charge is -2.00. The van der Waals surface area contributed by atoms with Gasteiger partial charge in [-0.05, 0) is 12.1 Å². The van der Waals surface area contributed by atoms with Crippen molar-refractivity contribution in [1.29, 1.82) is 0 Å². The molecule has 0 amide bonds. The fourth-order valence-electron chi connectivity index (χ4n) is 1.59. The zero-order chi connectivity index (χ0) is 12.5. The monoisotopic (exact) mass is 241 g/mol. The van der Waals surface area contributed by atoms with Crippen molar-refractivity contribution in [2.24, 2.45) is 0 Å². The van der Waals surface area contributed by atoms with E-state index >= 15 is 0 Å². The van der Waals surface area contributed by atoms with Gasteiger partial charge in [-0.15, -0.1) is 0 Å². The third-order valence-electron chi connectivity index (χ3n) is 2.45. The highest BCUT2D eigenvalue weighted by atomic mass is 16.6. The quantitative estimate of drug-likeness (QED) is 0.503. The molecule has 0 saturated heterocycles. The molecule has 0 saturated carbocycles. The number of hydrogen-bond donors (Lipinski definition) is 0. The largest absolute Gasteiger partial charge is 0.307 e. The number of aromatic nitrogens is 4. The van der Waals surface area contributed by atoms with E-state index in [1.807, 2.05) is 24.3 Å². The standard InChI is InChI=1S/C11H7N5O2/c17-16(18)8-5-13-15(7-8)11-6-12-9-3-1-2-4-10(9)14-11/h1-7H. The summed E-state index contributed by atoms with van der Waals surface area (Å²) in [5.74, 6) is 0.446. The molecule has 0 N–H and O–H groups in total. The van der Waals surface area contributed by atoms with Crippen molar-refractivity contribution in [3.05, 3.63) is 53.0 Å². The molecule has 3 aromatic rings. The van der Waals surface area contributed by atoms with Gasteiger partial charge in [0.25, 0.3) is 0 Å². The van der Waals surface area contributed by atoms with Gasteiger partial charge in [-0.25, -0.2) is 9.67 Å². The first-order chi connectivity index (χ1) is 8.74. The Morgan fingerprint density at radius 2 is 1.94 bits per heavy atom. The Hall–Kier alpha value is -2.83. The molecule has 1 aromatic carbocycles. The molecule has 0 spiro atoms. The van der Waals surface area contributed by atoms with Crippen LogP contribution in [0.1, 0.15) is 0 Å². The molecular formula is C11H7N5O2. The Morgan fingerprint density at radius 3 is 2.67 bits per heavy atom. The van der Waals surface area contributed by atoms with Crippen LogP contribution >= 0.6 is 0 Å². The zero-order valence-electron chi connectivity index (χ0n) is 9.09. The maximum Gasteiger partial charge on any atom is 0.307 e. The Labute approximate surface area is 101 Å². The smallest absolute Gasteiger partial charge is 0.258 e. The summed E-state index contributed by atoms with van der Waals surface area (Å²) in [7, 11) is 0. The van der Waals surface area contributed by atoms with Crippen LogP contribution < -0.4 is 0 Å². The highest BCUT2D eigenvalue weighted by Gasteiger charge is 2.11. The van der Waals surface area contributed by atoms with Gasteiger partial charge in [0.2, 0.25) is 0 Å². The maximum atomic E-state index is 10.6. The van der Waals surface area contributed by atoms with Gasteiger partial charge >= 0.3 is 5.69 Å². The topological polar surface area (TPSA) is 86.7 Å². The molecule has 2 aromatic heterocycles. The van der Waals surface area contributed by atoms with E-state index in [1.54, 1.807) is 0 Å². The zero-order valence-corrected chi connectivity index (χ0v) is 9.09. The first-order valence-electron chi connectivity index (χ1n) is 5.15. The summed E-state index contributed by atoms with van der Waals surface area (Å²) >= 11 is 0. The summed E-state index contributed by atoms with van der Waals surface area (Å²) in [6, 6.07) is 7.39. The average molecular weight is 241 g/mol. The molecule has 2 heterocycles. The van der Waals surface area contributed by atoms with Gasteiger partial charge in [-0.3, -0.25) is 15.1 Å². The van der Waals surface area contributed by atoms with Crippen molar-refractivity contribution in [2.75, 3.05) is 0 Å². The molecule has 88 valence electrons. The second kappa shape index (κ2) is 3.88. The third-order valence-corrected chi connectivity index (χ3v) is 2.45. The number of rotatable bonds is 2. The van der Waals surface area contributed by atoms with Crippen LogP contribution in [-0.4, -0.2) is 24.7 Å². The molecule has 0 aliphatic rings. The molecule has 3 rings (SSSR count). The molecule has 0 aliphatic carbocycles. The second-order valence-corrected chi connectivity index (χ2v) is 3.62. The van der Waals surface area contributed by atoms with Crippen LogP contribution in [0.5, 0.6) is 0 Å². The van der Waals surface area contributed by atoms with Crippen LogP contribution in [0.3, 0.4) is 0 Å². The van der Waals surface area contributed by atoms with Crippen LogP contribution in [0, 0.1) is 10.1 Å². The molecule has 0 aliphatic heterocycles. The highest BCUT2D eigenvalue weighted by molar-refractivity contribution is 5.74. The fraction of sp³-hybridized carbons (Fsp3) is 0. The molecule has 7 nitrogen and oxygen atoms in total. The number of fused-ring (bicyclic) bond motifs is 1. The van der Waals surface area contributed by atoms with Gasteiger partial charge in [0, 0.05) is 0 Å². The van der Waals surface area contributed by atoms with Crippen molar-refractivity contribution >= 4 is 16.7 Å². The highest BCUT2D eigenvalue weighted by Crippen LogP contribution is 2.14. The molecule has 0 atom stereocenters. The van der Waals surface area contributed by atoms with Crippen molar-refractivity contribution in [3.63, 3.8) is 0 Å². The van der Waals surface area contributed by atoms with Crippen molar-refractivity contribution in [1.82, 2.24) is 19.7 Å². The average Bonchev–Trinajstić information content (AvgIpc) is 2.88. The van der Waals surface area contributed by atoms with E-state index in [0.717, 1.165) is 5.52 Å². The predicted octanol–water partition coefficient (Wildman–Crippen LogP) is 1.72. The van der Waals surface area contributed by atoms with E-state index in [2.05, 4.69) is 15.1 Å². The lowest BCUT2D eigenvalue weighted by Crippen LogP contribution is -1.99. The minimum absolute atomic E-state index is 0.0787. The van der Waals surface area contributed by atoms with Crippen molar-refractivity contribution in [3.8, 4) is 5.82 Å². The minimum Gasteiger partial charge on any atom is -0.258 e. The van der Waals surface area contributed by atoms with E-state index in [9.17, 15) is 10.1 Å². The lowest BCUT2D eigenvalue weighted by atomic mass is 10.3. The molecular weight excluding hydrogens is 234 g/mol. The van der Waals surface area contributed by atoms with E-state index in [1.165, 1.54) is 23.3 Å². The van der Waals surface area contributed by atoms with Gasteiger partial charge in [0.1, 0.15) is 12.4 Å². The molecule has 0 fully saturated rings. The first-order valence-corrected chi connectivity index (χ1v) is 5.15. The van der Waals surface area contributed by atoms with E-state index < -0.39 is 4.92 Å². The summed E-state index contributed by atoms with van der Waals surface area (Å²) in [6.45, 7) is 0. The number of para-hydroxylation sites is 2. The van der Waals surface area contributed by atoms with Gasteiger partial charge in [-0.1, -0.05) is 12.1 Å². The number of nitrogens with zero attached hydrogens (tertiary/aromatic N) is 5. The van der Waals surface area contributed by atoms with Gasteiger partial charge in [0.05, 0.1) is 22.2 Å². The Bertz CT molecular complexity index is 737. The number of hydrogen-bond acceptors (Lipinski definition) is 5. The van der Waals surface area contributed by atoms with Gasteiger partial charge in [-0.2, -0.15) is 5.10 Å². The summed E-state index contributed by atoms with van der Waals surface area (Å²) < 4.78 is 1.33. The molecule has 0 unspecified atom stereocenters. The van der Waals surface area contributed by atoms with Gasteiger partial charge < -0.3 is 0 Å². The maximum absolute atomic E-state index is 10.6. The molecule has 18 heavy (non-hydrogen) atoms. The van der Waals surface area contributed by atoms with E-state index in [-0.39, 0.29) is 5.69 Å². The first kappa shape index (κ1) is 10.3. The van der Waals surface area contributed by atoms with Crippen LogP contribution in [0.15, 0.2) is 42.9 Å². The van der Waals surface area contributed by atoms with E-state index in [4.69, 9.17) is 0 Å². The van der Waals surface area contributed by atoms with Crippen molar-refractivity contribution < 1.29 is 4.92 Å². The summed E-state index contributed by atoms with van der Waals surface area (Å²) in [6.07, 6.45) is 4.01.